The van der Waals surface area contributed by atoms with Crippen molar-refractivity contribution in [2.45, 2.75) is 50.0 Å². The molecule has 0 radical (unpaired) electrons. The average molecular weight is 274 g/mol. The second-order valence-corrected chi connectivity index (χ2v) is 6.32. The standard InChI is InChI=1S/C17H26N2O/c18-19-16(14-8-12-20-13-9-14)17(10-4-5-11-17)15-6-2-1-3-7-15/h1-3,6-7,14,16,19H,4-5,8-13,18H2. The highest BCUT2D eigenvalue weighted by Crippen LogP contribution is 2.46. The molecule has 1 heterocycles. The van der Waals surface area contributed by atoms with Gasteiger partial charge in [0.15, 0.2) is 0 Å². The SMILES string of the molecule is NNC(C1CCOCC1)C1(c2ccccc2)CCCC1. The highest BCUT2D eigenvalue weighted by atomic mass is 16.5. The van der Waals surface area contributed by atoms with Crippen LogP contribution in [0.15, 0.2) is 30.3 Å². The smallest absolute Gasteiger partial charge is 0.0469 e. The van der Waals surface area contributed by atoms with Gasteiger partial charge in [-0.2, -0.15) is 0 Å². The molecule has 110 valence electrons. The van der Waals surface area contributed by atoms with Gasteiger partial charge < -0.3 is 4.74 Å². The Balaban J connectivity index is 1.91. The Bertz CT molecular complexity index is 408. The number of rotatable bonds is 4. The molecule has 1 aliphatic heterocycles. The van der Waals surface area contributed by atoms with Crippen molar-refractivity contribution in [3.8, 4) is 0 Å². The first kappa shape index (κ1) is 14.1. The predicted molar refractivity (Wildman–Crippen MR) is 81.2 cm³/mol. The average Bonchev–Trinajstić information content (AvgIpc) is 3.01. The molecule has 0 amide bonds. The second-order valence-electron chi connectivity index (χ2n) is 6.32. The molecule has 2 aliphatic rings. The molecule has 0 spiro atoms. The largest absolute Gasteiger partial charge is 0.381 e. The summed E-state index contributed by atoms with van der Waals surface area (Å²) in [6, 6.07) is 11.4. The van der Waals surface area contributed by atoms with Gasteiger partial charge >= 0.3 is 0 Å². The van der Waals surface area contributed by atoms with Gasteiger partial charge in [0.05, 0.1) is 0 Å². The molecule has 3 heteroatoms. The number of benzene rings is 1. The Labute approximate surface area is 121 Å². The van der Waals surface area contributed by atoms with Crippen LogP contribution >= 0.6 is 0 Å². The van der Waals surface area contributed by atoms with Gasteiger partial charge in [0, 0.05) is 24.7 Å². The van der Waals surface area contributed by atoms with Gasteiger partial charge in [0.2, 0.25) is 0 Å². The first-order valence-corrected chi connectivity index (χ1v) is 7.96. The van der Waals surface area contributed by atoms with Crippen LogP contribution in [0, 0.1) is 5.92 Å². The zero-order valence-corrected chi connectivity index (χ0v) is 12.2. The monoisotopic (exact) mass is 274 g/mol. The van der Waals surface area contributed by atoms with E-state index < -0.39 is 0 Å². The van der Waals surface area contributed by atoms with Gasteiger partial charge in [0.1, 0.15) is 0 Å². The van der Waals surface area contributed by atoms with Crippen molar-refractivity contribution >= 4 is 0 Å². The van der Waals surface area contributed by atoms with E-state index in [4.69, 9.17) is 10.6 Å². The molecule has 1 aromatic carbocycles. The molecule has 1 aromatic rings. The molecule has 2 fully saturated rings. The Hall–Kier alpha value is -0.900. The fourth-order valence-electron chi connectivity index (χ4n) is 4.35. The van der Waals surface area contributed by atoms with Gasteiger partial charge in [0.25, 0.3) is 0 Å². The third-order valence-electron chi connectivity index (χ3n) is 5.36. The number of hydrogen-bond acceptors (Lipinski definition) is 3. The molecule has 1 saturated carbocycles. The molecule has 3 N–H and O–H groups in total. The van der Waals surface area contributed by atoms with Crippen molar-refractivity contribution in [3.05, 3.63) is 35.9 Å². The molecule has 3 nitrogen and oxygen atoms in total. The third kappa shape index (κ3) is 2.50. The summed E-state index contributed by atoms with van der Waals surface area (Å²) in [5.74, 6) is 6.65. The van der Waals surface area contributed by atoms with E-state index >= 15 is 0 Å². The summed E-state index contributed by atoms with van der Waals surface area (Å²) < 4.78 is 5.53. The van der Waals surface area contributed by atoms with E-state index in [-0.39, 0.29) is 5.41 Å². The number of hydrazine groups is 1. The van der Waals surface area contributed by atoms with Gasteiger partial charge in [-0.25, -0.2) is 0 Å². The van der Waals surface area contributed by atoms with E-state index in [0.717, 1.165) is 26.1 Å². The molecule has 0 aromatic heterocycles. The number of ether oxygens (including phenoxy) is 1. The minimum absolute atomic E-state index is 0.220. The first-order valence-electron chi connectivity index (χ1n) is 7.96. The highest BCUT2D eigenvalue weighted by Gasteiger charge is 2.45. The number of hydrogen-bond donors (Lipinski definition) is 2. The zero-order chi connectivity index (χ0) is 13.8. The van der Waals surface area contributed by atoms with Gasteiger partial charge in [-0.1, -0.05) is 43.2 Å². The fourth-order valence-corrected chi connectivity index (χ4v) is 4.35. The zero-order valence-electron chi connectivity index (χ0n) is 12.2. The predicted octanol–water partition coefficient (Wildman–Crippen LogP) is 2.76. The Morgan fingerprint density at radius 3 is 2.35 bits per heavy atom. The molecule has 0 bridgehead atoms. The summed E-state index contributed by atoms with van der Waals surface area (Å²) in [4.78, 5) is 0. The summed E-state index contributed by atoms with van der Waals surface area (Å²) in [5.41, 5.74) is 4.88. The maximum atomic E-state index is 6.02. The van der Waals surface area contributed by atoms with Crippen molar-refractivity contribution in [2.24, 2.45) is 11.8 Å². The lowest BCUT2D eigenvalue weighted by atomic mass is 9.67. The maximum absolute atomic E-state index is 6.02. The molecular weight excluding hydrogens is 248 g/mol. The lowest BCUT2D eigenvalue weighted by Gasteiger charge is -2.43. The first-order chi connectivity index (χ1) is 9.87. The van der Waals surface area contributed by atoms with Crippen LogP contribution in [0.3, 0.4) is 0 Å². The molecule has 1 unspecified atom stereocenters. The van der Waals surface area contributed by atoms with E-state index in [1.54, 1.807) is 0 Å². The molecular formula is C17H26N2O. The van der Waals surface area contributed by atoms with Crippen molar-refractivity contribution in [3.63, 3.8) is 0 Å². The van der Waals surface area contributed by atoms with E-state index in [1.165, 1.54) is 31.2 Å². The summed E-state index contributed by atoms with van der Waals surface area (Å²) in [5, 5.41) is 0. The lowest BCUT2D eigenvalue weighted by molar-refractivity contribution is 0.0395. The topological polar surface area (TPSA) is 47.3 Å². The fraction of sp³-hybridized carbons (Fsp3) is 0.647. The van der Waals surface area contributed by atoms with Gasteiger partial charge in [-0.15, -0.1) is 0 Å². The summed E-state index contributed by atoms with van der Waals surface area (Å²) in [7, 11) is 0. The molecule has 3 rings (SSSR count). The number of nitrogens with two attached hydrogens (primary N) is 1. The molecule has 1 saturated heterocycles. The normalized spacial score (nSPS) is 24.6. The van der Waals surface area contributed by atoms with Crippen molar-refractivity contribution in [2.75, 3.05) is 13.2 Å². The van der Waals surface area contributed by atoms with E-state index in [1.807, 2.05) is 0 Å². The molecule has 1 atom stereocenters. The van der Waals surface area contributed by atoms with Crippen molar-refractivity contribution in [1.29, 1.82) is 0 Å². The van der Waals surface area contributed by atoms with Crippen LogP contribution in [0.25, 0.3) is 0 Å². The molecule has 1 aliphatic carbocycles. The van der Waals surface area contributed by atoms with Crippen molar-refractivity contribution in [1.82, 2.24) is 5.43 Å². The molecule has 20 heavy (non-hydrogen) atoms. The van der Waals surface area contributed by atoms with E-state index in [0.29, 0.717) is 12.0 Å². The number of nitrogens with one attached hydrogen (secondary N) is 1. The quantitative estimate of drug-likeness (QED) is 0.655. The van der Waals surface area contributed by atoms with Crippen LogP contribution in [-0.4, -0.2) is 19.3 Å². The van der Waals surface area contributed by atoms with Crippen LogP contribution in [0.4, 0.5) is 0 Å². The van der Waals surface area contributed by atoms with Crippen LogP contribution in [0.1, 0.15) is 44.1 Å². The van der Waals surface area contributed by atoms with Crippen molar-refractivity contribution < 1.29 is 4.74 Å². The Kier molecular flexibility index (Phi) is 4.39. The van der Waals surface area contributed by atoms with Crippen LogP contribution in [-0.2, 0) is 10.2 Å². The van der Waals surface area contributed by atoms with Gasteiger partial charge in [-0.05, 0) is 37.2 Å². The van der Waals surface area contributed by atoms with Crippen LogP contribution < -0.4 is 11.3 Å². The van der Waals surface area contributed by atoms with Gasteiger partial charge in [-0.3, -0.25) is 11.3 Å². The van der Waals surface area contributed by atoms with E-state index in [2.05, 4.69) is 35.8 Å². The van der Waals surface area contributed by atoms with Crippen LogP contribution in [0.2, 0.25) is 0 Å². The Morgan fingerprint density at radius 1 is 1.10 bits per heavy atom. The summed E-state index contributed by atoms with van der Waals surface area (Å²) >= 11 is 0. The minimum atomic E-state index is 0.220. The maximum Gasteiger partial charge on any atom is 0.0469 e. The minimum Gasteiger partial charge on any atom is -0.381 e. The highest BCUT2D eigenvalue weighted by molar-refractivity contribution is 5.29. The van der Waals surface area contributed by atoms with Crippen LogP contribution in [0.5, 0.6) is 0 Å². The summed E-state index contributed by atoms with van der Waals surface area (Å²) in [6.07, 6.45) is 7.39. The van der Waals surface area contributed by atoms with E-state index in [9.17, 15) is 0 Å². The lowest BCUT2D eigenvalue weighted by Crippen LogP contribution is -2.55. The second kappa shape index (κ2) is 6.25. The third-order valence-corrected chi connectivity index (χ3v) is 5.36. The summed E-state index contributed by atoms with van der Waals surface area (Å²) in [6.45, 7) is 1.77. The Morgan fingerprint density at radius 2 is 1.75 bits per heavy atom.